The molecule has 0 amide bonds. The van der Waals surface area contributed by atoms with E-state index in [1.165, 1.54) is 18.2 Å². The molecule has 0 spiro atoms. The van der Waals surface area contributed by atoms with Crippen molar-refractivity contribution in [2.45, 2.75) is 30.7 Å². The third-order valence-electron chi connectivity index (χ3n) is 5.94. The van der Waals surface area contributed by atoms with Crippen LogP contribution < -0.4 is 4.74 Å². The fraction of sp³-hybridized carbons (Fsp3) is 0.364. The maximum absolute atomic E-state index is 12.9. The average molecular weight is 421 g/mol. The summed E-state index contributed by atoms with van der Waals surface area (Å²) in [7, 11) is 1.89. The monoisotopic (exact) mass is 421 g/mol. The van der Waals surface area contributed by atoms with Crippen molar-refractivity contribution in [3.63, 3.8) is 0 Å². The Labute approximate surface area is 171 Å². The fourth-order valence-corrected chi connectivity index (χ4v) is 4.31. The van der Waals surface area contributed by atoms with Crippen LogP contribution in [0.3, 0.4) is 0 Å². The number of fused-ring (bicyclic) bond motifs is 1. The minimum Gasteiger partial charge on any atom is -0.507 e. The lowest BCUT2D eigenvalue weighted by molar-refractivity contribution is -0.137. The molecule has 3 unspecified atom stereocenters. The summed E-state index contributed by atoms with van der Waals surface area (Å²) in [4.78, 5) is 2.00. The molecule has 2 heterocycles. The lowest BCUT2D eigenvalue weighted by Crippen LogP contribution is -2.32. The van der Waals surface area contributed by atoms with Gasteiger partial charge in [-0.25, -0.2) is 0 Å². The van der Waals surface area contributed by atoms with Gasteiger partial charge >= 0.3 is 6.18 Å². The van der Waals surface area contributed by atoms with Gasteiger partial charge in [-0.3, -0.25) is 0 Å². The van der Waals surface area contributed by atoms with Gasteiger partial charge in [-0.1, -0.05) is 12.1 Å². The highest BCUT2D eigenvalue weighted by atomic mass is 19.4. The first-order valence-electron chi connectivity index (χ1n) is 9.62. The Morgan fingerprint density at radius 2 is 1.83 bits per heavy atom. The van der Waals surface area contributed by atoms with Crippen molar-refractivity contribution in [2.75, 3.05) is 20.2 Å². The van der Waals surface area contributed by atoms with Crippen molar-refractivity contribution in [1.29, 1.82) is 0 Å². The number of aliphatic hydroxyl groups excluding tert-OH is 1. The maximum atomic E-state index is 12.9. The molecule has 3 N–H and O–H groups in total. The Balaban J connectivity index is 1.72. The van der Waals surface area contributed by atoms with Crippen molar-refractivity contribution in [2.24, 2.45) is 0 Å². The van der Waals surface area contributed by atoms with Gasteiger partial charge in [-0.15, -0.1) is 0 Å². The van der Waals surface area contributed by atoms with Crippen LogP contribution in [0.5, 0.6) is 17.2 Å². The molecule has 0 radical (unpaired) electrons. The van der Waals surface area contributed by atoms with E-state index in [4.69, 9.17) is 4.74 Å². The van der Waals surface area contributed by atoms with Crippen LogP contribution in [0.15, 0.2) is 36.4 Å². The number of hydrogen-bond donors (Lipinski definition) is 3. The van der Waals surface area contributed by atoms with Gasteiger partial charge in [-0.05, 0) is 49.9 Å². The normalized spacial score (nSPS) is 24.0. The number of nitrogens with zero attached hydrogens (tertiary/aromatic N) is 1. The van der Waals surface area contributed by atoms with Gasteiger partial charge in [-0.2, -0.15) is 13.2 Å². The molecule has 30 heavy (non-hydrogen) atoms. The molecule has 3 atom stereocenters. The smallest absolute Gasteiger partial charge is 0.416 e. The van der Waals surface area contributed by atoms with Gasteiger partial charge in [0.25, 0.3) is 0 Å². The standard InChI is InChI=1S/C22H22F3NO4/c1-26-9-8-14(16(26)11-27)20-18(29)10-17(28)15-6-7-19(30-21(15)20)12-2-4-13(5-3-12)22(23,24)25/h2-7,10,14,16,19,27-29H,8-9,11H2,1H3. The molecule has 2 aliphatic rings. The van der Waals surface area contributed by atoms with E-state index < -0.39 is 17.8 Å². The average Bonchev–Trinajstić information content (AvgIpc) is 3.07. The van der Waals surface area contributed by atoms with Crippen LogP contribution in [0.1, 0.15) is 40.7 Å². The molecule has 2 aromatic rings. The number of hydrogen-bond acceptors (Lipinski definition) is 5. The Bertz CT molecular complexity index is 972. The van der Waals surface area contributed by atoms with Crippen LogP contribution in [0.2, 0.25) is 0 Å². The van der Waals surface area contributed by atoms with Crippen molar-refractivity contribution in [1.82, 2.24) is 4.90 Å². The maximum Gasteiger partial charge on any atom is 0.416 e. The van der Waals surface area contributed by atoms with E-state index >= 15 is 0 Å². The molecule has 160 valence electrons. The molecule has 2 aliphatic heterocycles. The molecule has 1 fully saturated rings. The van der Waals surface area contributed by atoms with E-state index in [1.54, 1.807) is 12.2 Å². The molecule has 2 aromatic carbocycles. The molecule has 0 bridgehead atoms. The van der Waals surface area contributed by atoms with Crippen LogP contribution in [0, 0.1) is 0 Å². The van der Waals surface area contributed by atoms with Crippen molar-refractivity contribution < 1.29 is 33.2 Å². The molecule has 0 aliphatic carbocycles. The van der Waals surface area contributed by atoms with Crippen LogP contribution in [-0.2, 0) is 6.18 Å². The molecular weight excluding hydrogens is 399 g/mol. The molecule has 1 saturated heterocycles. The largest absolute Gasteiger partial charge is 0.507 e. The van der Waals surface area contributed by atoms with Gasteiger partial charge in [0, 0.05) is 23.6 Å². The Morgan fingerprint density at radius 3 is 2.47 bits per heavy atom. The summed E-state index contributed by atoms with van der Waals surface area (Å²) in [5.74, 6) is -0.209. The molecular formula is C22H22F3NO4. The zero-order valence-corrected chi connectivity index (χ0v) is 16.2. The third-order valence-corrected chi connectivity index (χ3v) is 5.94. The highest BCUT2D eigenvalue weighted by Gasteiger charge is 2.38. The number of likely N-dealkylation sites (N-methyl/N-ethyl adjacent to an activating group) is 1. The lowest BCUT2D eigenvalue weighted by atomic mass is 9.87. The Kier molecular flexibility index (Phi) is 5.15. The summed E-state index contributed by atoms with van der Waals surface area (Å²) in [5, 5.41) is 30.7. The first-order valence-corrected chi connectivity index (χ1v) is 9.62. The number of alkyl halides is 3. The Hall–Kier alpha value is -2.71. The first kappa shape index (κ1) is 20.6. The number of phenolic OH excluding ortho intramolecular Hbond substituents is 2. The van der Waals surface area contributed by atoms with Crippen LogP contribution >= 0.6 is 0 Å². The van der Waals surface area contributed by atoms with Gasteiger partial charge < -0.3 is 25.0 Å². The number of rotatable bonds is 3. The van der Waals surface area contributed by atoms with E-state index in [9.17, 15) is 28.5 Å². The van der Waals surface area contributed by atoms with Gasteiger partial charge in [0.05, 0.1) is 17.7 Å². The summed E-state index contributed by atoms with van der Waals surface area (Å²) in [5.41, 5.74) is 0.660. The van der Waals surface area contributed by atoms with Gasteiger partial charge in [0.2, 0.25) is 0 Å². The second-order valence-electron chi connectivity index (χ2n) is 7.71. The van der Waals surface area contributed by atoms with E-state index in [-0.39, 0.29) is 30.1 Å². The second kappa shape index (κ2) is 7.52. The van der Waals surface area contributed by atoms with Crippen LogP contribution in [0.4, 0.5) is 13.2 Å². The minimum absolute atomic E-state index is 0.103. The molecule has 5 nitrogen and oxygen atoms in total. The number of ether oxygens (including phenoxy) is 1. The van der Waals surface area contributed by atoms with E-state index in [0.29, 0.717) is 28.9 Å². The van der Waals surface area contributed by atoms with Crippen LogP contribution in [-0.4, -0.2) is 46.5 Å². The predicted molar refractivity (Wildman–Crippen MR) is 104 cm³/mol. The third kappa shape index (κ3) is 3.50. The number of likely N-dealkylation sites (tertiary alicyclic amines) is 1. The number of aliphatic hydroxyl groups is 1. The van der Waals surface area contributed by atoms with Crippen molar-refractivity contribution in [3.05, 3.63) is 58.7 Å². The zero-order chi connectivity index (χ0) is 21.6. The SMILES string of the molecule is CN1CCC(c2c(O)cc(O)c3c2OC(c2ccc(C(F)(F)F)cc2)C=C3)C1CO. The van der Waals surface area contributed by atoms with E-state index in [0.717, 1.165) is 18.7 Å². The molecule has 0 saturated carbocycles. The quantitative estimate of drug-likeness (QED) is 0.698. The van der Waals surface area contributed by atoms with E-state index in [2.05, 4.69) is 0 Å². The first-order chi connectivity index (χ1) is 14.2. The number of halogens is 3. The summed E-state index contributed by atoms with van der Waals surface area (Å²) in [6.45, 7) is 0.623. The molecule has 0 aromatic heterocycles. The fourth-order valence-electron chi connectivity index (χ4n) is 4.31. The topological polar surface area (TPSA) is 73.2 Å². The minimum atomic E-state index is -4.42. The zero-order valence-electron chi connectivity index (χ0n) is 16.2. The van der Waals surface area contributed by atoms with Crippen molar-refractivity contribution in [3.8, 4) is 17.2 Å². The van der Waals surface area contributed by atoms with Crippen molar-refractivity contribution >= 4 is 6.08 Å². The van der Waals surface area contributed by atoms with E-state index in [1.807, 2.05) is 11.9 Å². The summed E-state index contributed by atoms with van der Waals surface area (Å²) < 4.78 is 44.6. The second-order valence-corrected chi connectivity index (χ2v) is 7.71. The number of aromatic hydroxyl groups is 2. The number of phenols is 2. The highest BCUT2D eigenvalue weighted by molar-refractivity contribution is 5.72. The molecule has 4 rings (SSSR count). The van der Waals surface area contributed by atoms with Crippen LogP contribution in [0.25, 0.3) is 6.08 Å². The summed E-state index contributed by atoms with van der Waals surface area (Å²) in [6.07, 6.45) is -1.12. The number of benzene rings is 2. The molecule has 8 heteroatoms. The predicted octanol–water partition coefficient (Wildman–Crippen LogP) is 4.04. The summed E-state index contributed by atoms with van der Waals surface area (Å²) in [6, 6.07) is 5.74. The van der Waals surface area contributed by atoms with Gasteiger partial charge in [0.15, 0.2) is 0 Å². The summed E-state index contributed by atoms with van der Waals surface area (Å²) >= 11 is 0. The Morgan fingerprint density at radius 1 is 1.13 bits per heavy atom. The van der Waals surface area contributed by atoms with Gasteiger partial charge in [0.1, 0.15) is 23.4 Å². The lowest BCUT2D eigenvalue weighted by Gasteiger charge is -2.30. The highest BCUT2D eigenvalue weighted by Crippen LogP contribution is 2.50.